The fourth-order valence-corrected chi connectivity index (χ4v) is 9.63. The van der Waals surface area contributed by atoms with Crippen LogP contribution < -0.4 is 0 Å². The third kappa shape index (κ3) is 4.02. The Bertz CT molecular complexity index is 896. The molecular weight excluding hydrogens is 435 g/mol. The van der Waals surface area contributed by atoms with Crippen LogP contribution in [0.5, 0.6) is 0 Å². The molecule has 1 aromatic heterocycles. The van der Waals surface area contributed by atoms with Gasteiger partial charge >= 0.3 is 6.18 Å². The van der Waals surface area contributed by atoms with E-state index in [1.807, 2.05) is 6.92 Å². The summed E-state index contributed by atoms with van der Waals surface area (Å²) < 4.78 is 38.7. The molecule has 4 saturated carbocycles. The van der Waals surface area contributed by atoms with Gasteiger partial charge in [-0.2, -0.15) is 13.2 Å². The fourth-order valence-electron chi connectivity index (χ4n) is 9.63. The van der Waals surface area contributed by atoms with Crippen LogP contribution in [0.4, 0.5) is 13.2 Å². The van der Waals surface area contributed by atoms with Gasteiger partial charge in [-0.15, -0.1) is 0 Å². The number of rotatable bonds is 3. The van der Waals surface area contributed by atoms with Gasteiger partial charge in [-0.1, -0.05) is 26.8 Å². The lowest BCUT2D eigenvalue weighted by molar-refractivity contribution is -0.147. The van der Waals surface area contributed by atoms with Crippen LogP contribution in [0.15, 0.2) is 18.3 Å². The van der Waals surface area contributed by atoms with E-state index >= 15 is 0 Å². The normalized spacial score (nSPS) is 45.2. The van der Waals surface area contributed by atoms with Crippen LogP contribution in [-0.2, 0) is 12.6 Å². The lowest BCUT2D eigenvalue weighted by Gasteiger charge is -2.62. The summed E-state index contributed by atoms with van der Waals surface area (Å²) in [4.78, 5) is 3.70. The molecule has 0 aliphatic heterocycles. The van der Waals surface area contributed by atoms with Gasteiger partial charge in [0.2, 0.25) is 0 Å². The molecular formula is C29H42F3NO. The first-order valence-electron chi connectivity index (χ1n) is 13.6. The van der Waals surface area contributed by atoms with Gasteiger partial charge in [0.1, 0.15) is 5.69 Å². The molecule has 0 saturated heterocycles. The Labute approximate surface area is 203 Å². The molecule has 4 fully saturated rings. The highest BCUT2D eigenvalue weighted by Gasteiger charge is 2.61. The van der Waals surface area contributed by atoms with Crippen molar-refractivity contribution in [3.05, 3.63) is 29.6 Å². The summed E-state index contributed by atoms with van der Waals surface area (Å²) in [6.07, 6.45) is 8.63. The van der Waals surface area contributed by atoms with Gasteiger partial charge in [0.15, 0.2) is 0 Å². The van der Waals surface area contributed by atoms with Crippen molar-refractivity contribution in [3.63, 3.8) is 0 Å². The second-order valence-corrected chi connectivity index (χ2v) is 13.3. The van der Waals surface area contributed by atoms with E-state index in [-0.39, 0.29) is 0 Å². The summed E-state index contributed by atoms with van der Waals surface area (Å²) in [6.45, 7) is 9.42. The summed E-state index contributed by atoms with van der Waals surface area (Å²) in [5, 5.41) is 10.7. The van der Waals surface area contributed by atoms with Gasteiger partial charge in [-0.3, -0.25) is 4.98 Å². The average Bonchev–Trinajstić information content (AvgIpc) is 3.11. The monoisotopic (exact) mass is 477 g/mol. The van der Waals surface area contributed by atoms with Crippen molar-refractivity contribution in [2.24, 2.45) is 46.3 Å². The van der Waals surface area contributed by atoms with Crippen LogP contribution in [0.2, 0.25) is 0 Å². The van der Waals surface area contributed by atoms with Gasteiger partial charge in [0.25, 0.3) is 0 Å². The van der Waals surface area contributed by atoms with Crippen molar-refractivity contribution < 1.29 is 18.3 Å². The van der Waals surface area contributed by atoms with E-state index < -0.39 is 17.5 Å². The Hall–Kier alpha value is -1.10. The number of fused-ring (bicyclic) bond motifs is 5. The van der Waals surface area contributed by atoms with Gasteiger partial charge in [0, 0.05) is 6.20 Å². The zero-order valence-corrected chi connectivity index (χ0v) is 21.3. The zero-order chi connectivity index (χ0) is 24.5. The predicted octanol–water partition coefficient (Wildman–Crippen LogP) is 7.69. The van der Waals surface area contributed by atoms with Crippen molar-refractivity contribution in [3.8, 4) is 0 Å². The van der Waals surface area contributed by atoms with Crippen molar-refractivity contribution >= 4 is 0 Å². The van der Waals surface area contributed by atoms with Crippen LogP contribution >= 0.6 is 0 Å². The van der Waals surface area contributed by atoms with Crippen LogP contribution in [-0.4, -0.2) is 15.7 Å². The lowest BCUT2D eigenvalue weighted by Crippen LogP contribution is -2.55. The first-order chi connectivity index (χ1) is 15.8. The summed E-state index contributed by atoms with van der Waals surface area (Å²) in [5.41, 5.74) is 0.346. The third-order valence-electron chi connectivity index (χ3n) is 11.4. The molecule has 1 heterocycles. The molecule has 5 rings (SSSR count). The Morgan fingerprint density at radius 1 is 0.971 bits per heavy atom. The molecule has 4 aliphatic rings. The summed E-state index contributed by atoms with van der Waals surface area (Å²) in [7, 11) is 0. The molecule has 2 nitrogen and oxygen atoms in total. The van der Waals surface area contributed by atoms with E-state index in [9.17, 15) is 18.3 Å². The molecule has 9 atom stereocenters. The molecule has 0 bridgehead atoms. The minimum absolute atomic E-state index is 0.337. The Kier molecular flexibility index (Phi) is 5.94. The number of hydrogen-bond acceptors (Lipinski definition) is 2. The molecule has 0 amide bonds. The molecule has 0 radical (unpaired) electrons. The van der Waals surface area contributed by atoms with Crippen LogP contribution in [0.25, 0.3) is 0 Å². The molecule has 34 heavy (non-hydrogen) atoms. The molecule has 5 heteroatoms. The highest BCUT2D eigenvalue weighted by atomic mass is 19.4. The van der Waals surface area contributed by atoms with Crippen molar-refractivity contribution in [1.82, 2.24) is 4.98 Å². The van der Waals surface area contributed by atoms with Crippen molar-refractivity contribution in [2.45, 2.75) is 104 Å². The van der Waals surface area contributed by atoms with Gasteiger partial charge in [-0.05, 0) is 129 Å². The Balaban J connectivity index is 1.30. The van der Waals surface area contributed by atoms with E-state index in [2.05, 4.69) is 25.8 Å². The zero-order valence-electron chi connectivity index (χ0n) is 21.3. The van der Waals surface area contributed by atoms with Gasteiger partial charge < -0.3 is 5.11 Å². The largest absolute Gasteiger partial charge is 0.433 e. The number of aliphatic hydroxyl groups is 1. The number of halogens is 3. The predicted molar refractivity (Wildman–Crippen MR) is 128 cm³/mol. The minimum Gasteiger partial charge on any atom is -0.390 e. The second-order valence-electron chi connectivity index (χ2n) is 13.3. The van der Waals surface area contributed by atoms with Crippen molar-refractivity contribution in [1.29, 1.82) is 0 Å². The van der Waals surface area contributed by atoms with Crippen molar-refractivity contribution in [2.75, 3.05) is 0 Å². The van der Waals surface area contributed by atoms with Gasteiger partial charge in [0.05, 0.1) is 5.60 Å². The maximum atomic E-state index is 12.9. The summed E-state index contributed by atoms with van der Waals surface area (Å²) >= 11 is 0. The SMILES string of the molecule is C[C@H](Cc1ccc(C(F)(F)F)nc1)[C@H]1CC[C@H]2[C@@H]3CC[C@@H]4C[C@](C)(O)CC[C@]4(C)[C@H]3CC[C@]12C. The maximum Gasteiger partial charge on any atom is 0.433 e. The molecule has 0 aromatic carbocycles. The van der Waals surface area contributed by atoms with Gasteiger partial charge in [-0.25, -0.2) is 0 Å². The number of aromatic nitrogens is 1. The summed E-state index contributed by atoms with van der Waals surface area (Å²) in [5.74, 6) is 4.08. The number of hydrogen-bond donors (Lipinski definition) is 1. The molecule has 190 valence electrons. The number of nitrogens with zero attached hydrogens (tertiary/aromatic N) is 1. The lowest BCUT2D eigenvalue weighted by atomic mass is 9.43. The van der Waals surface area contributed by atoms with E-state index in [1.165, 1.54) is 44.7 Å². The molecule has 4 aliphatic carbocycles. The Morgan fingerprint density at radius 3 is 2.38 bits per heavy atom. The minimum atomic E-state index is -4.38. The fraction of sp³-hybridized carbons (Fsp3) is 0.828. The standard InChI is InChI=1S/C29H42F3NO/c1-18(15-19-5-10-25(33-17-19)29(30,31)32)22-8-9-23-21-7-6-20-16-26(2,34)13-14-27(20,3)24(21)11-12-28(22,23)4/h5,10,17-18,20-24,34H,6-9,11-16H2,1-4H3/t18-,20-,21+,22-,23+,24+,26-,27+,28-/m1/s1. The number of pyridine rings is 1. The van der Waals surface area contributed by atoms with E-state index in [0.29, 0.717) is 28.6 Å². The smallest absolute Gasteiger partial charge is 0.390 e. The molecule has 1 aromatic rings. The highest BCUT2D eigenvalue weighted by Crippen LogP contribution is 2.68. The molecule has 1 N–H and O–H groups in total. The quantitative estimate of drug-likeness (QED) is 0.484. The Morgan fingerprint density at radius 2 is 1.71 bits per heavy atom. The first kappa shape index (κ1) is 24.6. The van der Waals surface area contributed by atoms with E-state index in [1.54, 1.807) is 6.07 Å². The summed E-state index contributed by atoms with van der Waals surface area (Å²) in [6, 6.07) is 2.76. The number of alkyl halides is 3. The third-order valence-corrected chi connectivity index (χ3v) is 11.4. The van der Waals surface area contributed by atoms with E-state index in [4.69, 9.17) is 0 Å². The van der Waals surface area contributed by atoms with Crippen LogP contribution in [0.3, 0.4) is 0 Å². The van der Waals surface area contributed by atoms with E-state index in [0.717, 1.165) is 55.1 Å². The maximum absolute atomic E-state index is 12.9. The topological polar surface area (TPSA) is 33.1 Å². The first-order valence-corrected chi connectivity index (χ1v) is 13.6. The highest BCUT2D eigenvalue weighted by molar-refractivity contribution is 5.17. The average molecular weight is 478 g/mol. The molecule has 0 unspecified atom stereocenters. The van der Waals surface area contributed by atoms with Crippen LogP contribution in [0, 0.1) is 46.3 Å². The molecule has 0 spiro atoms. The van der Waals surface area contributed by atoms with Crippen LogP contribution in [0.1, 0.15) is 96.7 Å². The second kappa shape index (κ2) is 8.21.